The minimum atomic E-state index is -0.414. The molecule has 7 nitrogen and oxygen atoms in total. The van der Waals surface area contributed by atoms with Gasteiger partial charge in [0.1, 0.15) is 5.69 Å². The highest BCUT2D eigenvalue weighted by Crippen LogP contribution is 2.31. The molecule has 7 heteroatoms. The lowest BCUT2D eigenvalue weighted by Crippen LogP contribution is -2.36. The third-order valence-corrected chi connectivity index (χ3v) is 3.93. The van der Waals surface area contributed by atoms with Gasteiger partial charge in [0.25, 0.3) is 5.69 Å². The fourth-order valence-electron chi connectivity index (χ4n) is 2.66. The number of ether oxygens (including phenoxy) is 2. The van der Waals surface area contributed by atoms with Gasteiger partial charge in [-0.1, -0.05) is 6.07 Å². The van der Waals surface area contributed by atoms with E-state index in [1.807, 2.05) is 4.90 Å². The standard InChI is InChI=1S/C15H20N2O5/c1-21-12-5-7-16(8-6-12)13-4-3-11(10-15(18)22-2)9-14(13)17(19)20/h3-4,9,12H,5-8,10H2,1-2H3. The number of methoxy groups -OCH3 is 2. The van der Waals surface area contributed by atoms with E-state index in [0.29, 0.717) is 11.3 Å². The maximum atomic E-state index is 11.3. The summed E-state index contributed by atoms with van der Waals surface area (Å²) in [7, 11) is 2.98. The van der Waals surface area contributed by atoms with E-state index in [1.54, 1.807) is 19.2 Å². The highest BCUT2D eigenvalue weighted by molar-refractivity contribution is 5.74. The van der Waals surface area contributed by atoms with Crippen LogP contribution in [0.15, 0.2) is 18.2 Å². The molecule has 0 saturated carbocycles. The molecule has 0 atom stereocenters. The van der Waals surface area contributed by atoms with Gasteiger partial charge in [0, 0.05) is 26.3 Å². The van der Waals surface area contributed by atoms with Crippen molar-refractivity contribution in [1.82, 2.24) is 0 Å². The number of piperidine rings is 1. The molecule has 0 radical (unpaired) electrons. The first-order valence-corrected chi connectivity index (χ1v) is 7.17. The van der Waals surface area contributed by atoms with Gasteiger partial charge in [0.2, 0.25) is 0 Å². The predicted molar refractivity (Wildman–Crippen MR) is 81.1 cm³/mol. The molecule has 1 fully saturated rings. The van der Waals surface area contributed by atoms with E-state index in [1.165, 1.54) is 13.2 Å². The van der Waals surface area contributed by atoms with Crippen LogP contribution in [-0.4, -0.2) is 44.3 Å². The summed E-state index contributed by atoms with van der Waals surface area (Å²) >= 11 is 0. The first kappa shape index (κ1) is 16.2. The zero-order valence-electron chi connectivity index (χ0n) is 12.8. The Morgan fingerprint density at radius 3 is 2.59 bits per heavy atom. The number of rotatable bonds is 5. The quantitative estimate of drug-likeness (QED) is 0.469. The molecule has 2 rings (SSSR count). The van der Waals surface area contributed by atoms with Crippen molar-refractivity contribution in [2.45, 2.75) is 25.4 Å². The monoisotopic (exact) mass is 308 g/mol. The summed E-state index contributed by atoms with van der Waals surface area (Å²) in [6.07, 6.45) is 1.94. The Morgan fingerprint density at radius 1 is 1.36 bits per heavy atom. The third-order valence-electron chi connectivity index (χ3n) is 3.93. The van der Waals surface area contributed by atoms with Crippen LogP contribution in [0.1, 0.15) is 18.4 Å². The molecule has 0 aromatic heterocycles. The topological polar surface area (TPSA) is 81.9 Å². The summed E-state index contributed by atoms with van der Waals surface area (Å²) in [5.41, 5.74) is 1.19. The van der Waals surface area contributed by atoms with Crippen molar-refractivity contribution < 1.29 is 19.2 Å². The maximum absolute atomic E-state index is 11.3. The lowest BCUT2D eigenvalue weighted by atomic mass is 10.0. The average Bonchev–Trinajstić information content (AvgIpc) is 2.54. The smallest absolute Gasteiger partial charge is 0.309 e. The van der Waals surface area contributed by atoms with Crippen molar-refractivity contribution in [2.24, 2.45) is 0 Å². The second-order valence-electron chi connectivity index (χ2n) is 5.26. The van der Waals surface area contributed by atoms with Crippen molar-refractivity contribution >= 4 is 17.3 Å². The van der Waals surface area contributed by atoms with E-state index in [-0.39, 0.29) is 18.2 Å². The Bertz CT molecular complexity index is 553. The normalized spacial score (nSPS) is 15.6. The molecule has 0 spiro atoms. The molecule has 1 aliphatic rings. The van der Waals surface area contributed by atoms with Crippen molar-refractivity contribution in [3.63, 3.8) is 0 Å². The van der Waals surface area contributed by atoms with Crippen LogP contribution in [0.25, 0.3) is 0 Å². The molecule has 22 heavy (non-hydrogen) atoms. The number of nitrogens with zero attached hydrogens (tertiary/aromatic N) is 2. The van der Waals surface area contributed by atoms with E-state index >= 15 is 0 Å². The number of nitro benzene ring substituents is 1. The van der Waals surface area contributed by atoms with Gasteiger partial charge >= 0.3 is 5.97 Å². The largest absolute Gasteiger partial charge is 0.469 e. The third kappa shape index (κ3) is 3.73. The molecule has 1 heterocycles. The molecule has 1 saturated heterocycles. The number of nitro groups is 1. The lowest BCUT2D eigenvalue weighted by molar-refractivity contribution is -0.384. The summed E-state index contributed by atoms with van der Waals surface area (Å²) < 4.78 is 9.91. The molecule has 0 amide bonds. The van der Waals surface area contributed by atoms with Crippen LogP contribution in [0.3, 0.4) is 0 Å². The summed E-state index contributed by atoms with van der Waals surface area (Å²) in [4.78, 5) is 24.2. The Balaban J connectivity index is 2.20. The van der Waals surface area contributed by atoms with Gasteiger partial charge in [0.15, 0.2) is 0 Å². The highest BCUT2D eigenvalue weighted by Gasteiger charge is 2.25. The van der Waals surface area contributed by atoms with Crippen molar-refractivity contribution in [1.29, 1.82) is 0 Å². The Hall–Kier alpha value is -2.15. The summed E-state index contributed by atoms with van der Waals surface area (Å²) in [5, 5.41) is 11.3. The molecular weight excluding hydrogens is 288 g/mol. The van der Waals surface area contributed by atoms with Crippen LogP contribution in [-0.2, 0) is 20.7 Å². The second-order valence-corrected chi connectivity index (χ2v) is 5.26. The molecule has 1 aliphatic heterocycles. The van der Waals surface area contributed by atoms with Gasteiger partial charge in [0.05, 0.1) is 24.6 Å². The van der Waals surface area contributed by atoms with Gasteiger partial charge < -0.3 is 14.4 Å². The van der Waals surface area contributed by atoms with E-state index in [9.17, 15) is 14.9 Å². The highest BCUT2D eigenvalue weighted by atomic mass is 16.6. The minimum Gasteiger partial charge on any atom is -0.469 e. The van der Waals surface area contributed by atoms with Crippen LogP contribution in [0, 0.1) is 10.1 Å². The molecule has 1 aromatic carbocycles. The zero-order chi connectivity index (χ0) is 16.1. The fraction of sp³-hybridized carbons (Fsp3) is 0.533. The first-order valence-electron chi connectivity index (χ1n) is 7.17. The first-order chi connectivity index (χ1) is 10.5. The average molecular weight is 308 g/mol. The number of carbonyl (C=O) groups excluding carboxylic acids is 1. The number of benzene rings is 1. The molecule has 0 unspecified atom stereocenters. The maximum Gasteiger partial charge on any atom is 0.309 e. The zero-order valence-corrected chi connectivity index (χ0v) is 12.8. The van der Waals surface area contributed by atoms with Crippen LogP contribution in [0.5, 0.6) is 0 Å². The summed E-state index contributed by atoms with van der Waals surface area (Å²) in [6, 6.07) is 4.90. The van der Waals surface area contributed by atoms with Gasteiger partial charge in [-0.05, 0) is 24.5 Å². The van der Waals surface area contributed by atoms with Crippen LogP contribution in [0.2, 0.25) is 0 Å². The molecule has 0 N–H and O–H groups in total. The van der Waals surface area contributed by atoms with Crippen molar-refractivity contribution in [2.75, 3.05) is 32.2 Å². The van der Waals surface area contributed by atoms with E-state index in [0.717, 1.165) is 25.9 Å². The minimum absolute atomic E-state index is 0.0252. The number of carbonyl (C=O) groups is 1. The van der Waals surface area contributed by atoms with Crippen LogP contribution in [0.4, 0.5) is 11.4 Å². The van der Waals surface area contributed by atoms with Gasteiger partial charge in [-0.3, -0.25) is 14.9 Å². The molecule has 0 bridgehead atoms. The Labute approximate surface area is 129 Å². The lowest BCUT2D eigenvalue weighted by Gasteiger charge is -2.32. The van der Waals surface area contributed by atoms with Crippen LogP contribution < -0.4 is 4.90 Å². The van der Waals surface area contributed by atoms with E-state index in [2.05, 4.69) is 4.74 Å². The fourth-order valence-corrected chi connectivity index (χ4v) is 2.66. The van der Waals surface area contributed by atoms with E-state index < -0.39 is 10.9 Å². The SMILES string of the molecule is COC(=O)Cc1ccc(N2CCC(OC)CC2)c([N+](=O)[O-])c1. The molecule has 1 aromatic rings. The van der Waals surface area contributed by atoms with E-state index in [4.69, 9.17) is 4.74 Å². The van der Waals surface area contributed by atoms with Crippen molar-refractivity contribution in [3.05, 3.63) is 33.9 Å². The van der Waals surface area contributed by atoms with Gasteiger partial charge in [-0.15, -0.1) is 0 Å². The Kier molecular flexibility index (Phi) is 5.32. The second kappa shape index (κ2) is 7.22. The van der Waals surface area contributed by atoms with Crippen LogP contribution >= 0.6 is 0 Å². The summed E-state index contributed by atoms with van der Waals surface area (Å²) in [6.45, 7) is 1.44. The number of esters is 1. The van der Waals surface area contributed by atoms with Gasteiger partial charge in [-0.2, -0.15) is 0 Å². The number of hydrogen-bond acceptors (Lipinski definition) is 6. The molecular formula is C15H20N2O5. The molecule has 0 aliphatic carbocycles. The predicted octanol–water partition coefficient (Wildman–Crippen LogP) is 1.93. The molecule has 120 valence electrons. The van der Waals surface area contributed by atoms with Gasteiger partial charge in [-0.25, -0.2) is 0 Å². The van der Waals surface area contributed by atoms with Crippen molar-refractivity contribution in [3.8, 4) is 0 Å². The Morgan fingerprint density at radius 2 is 2.05 bits per heavy atom. The number of anilines is 1. The summed E-state index contributed by atoms with van der Waals surface area (Å²) in [5.74, 6) is -0.414. The number of hydrogen-bond donors (Lipinski definition) is 0.